The van der Waals surface area contributed by atoms with Crippen molar-refractivity contribution in [2.75, 3.05) is 25.5 Å². The van der Waals surface area contributed by atoms with Gasteiger partial charge in [-0.15, -0.1) is 0 Å². The lowest BCUT2D eigenvalue weighted by molar-refractivity contribution is 0.102. The number of hydrogen-bond donors (Lipinski definition) is 1. The third-order valence-corrected chi connectivity index (χ3v) is 5.13. The standard InChI is InChI=1S/C20H24N6O/c1-24-12-9-16(10-13-24)26-19(8-11-21-26)22-20(27)17-14-18(25(2)23-17)15-6-4-3-5-7-15/h3-8,11,14,16H,9-10,12-13H2,1-2H3,(H,22,27). The van der Waals surface area contributed by atoms with Gasteiger partial charge in [0.15, 0.2) is 5.69 Å². The first-order chi connectivity index (χ1) is 13.1. The van der Waals surface area contributed by atoms with E-state index in [-0.39, 0.29) is 5.91 Å². The fourth-order valence-electron chi connectivity index (χ4n) is 3.58. The highest BCUT2D eigenvalue weighted by Gasteiger charge is 2.22. The van der Waals surface area contributed by atoms with Crippen LogP contribution in [0.1, 0.15) is 29.4 Å². The highest BCUT2D eigenvalue weighted by atomic mass is 16.2. The van der Waals surface area contributed by atoms with Gasteiger partial charge in [0.1, 0.15) is 5.82 Å². The van der Waals surface area contributed by atoms with E-state index in [4.69, 9.17) is 0 Å². The maximum Gasteiger partial charge on any atom is 0.277 e. The number of hydrogen-bond acceptors (Lipinski definition) is 4. The molecule has 7 nitrogen and oxygen atoms in total. The van der Waals surface area contributed by atoms with Crippen molar-refractivity contribution in [2.45, 2.75) is 18.9 Å². The molecule has 2 aromatic heterocycles. The summed E-state index contributed by atoms with van der Waals surface area (Å²) in [4.78, 5) is 15.1. The normalized spacial score (nSPS) is 15.8. The van der Waals surface area contributed by atoms with E-state index in [1.54, 1.807) is 10.9 Å². The number of aryl methyl sites for hydroxylation is 1. The van der Waals surface area contributed by atoms with E-state index in [2.05, 4.69) is 27.5 Å². The first-order valence-electron chi connectivity index (χ1n) is 9.24. The van der Waals surface area contributed by atoms with Crippen molar-refractivity contribution >= 4 is 11.7 Å². The molecule has 0 saturated carbocycles. The van der Waals surface area contributed by atoms with Gasteiger partial charge in [0, 0.05) is 13.1 Å². The van der Waals surface area contributed by atoms with Crippen LogP contribution in [0.2, 0.25) is 0 Å². The summed E-state index contributed by atoms with van der Waals surface area (Å²) in [6.45, 7) is 2.08. The number of carbonyl (C=O) groups excluding carboxylic acids is 1. The number of rotatable bonds is 4. The second-order valence-electron chi connectivity index (χ2n) is 7.05. The lowest BCUT2D eigenvalue weighted by atomic mass is 10.1. The van der Waals surface area contributed by atoms with Gasteiger partial charge in [-0.05, 0) is 44.6 Å². The van der Waals surface area contributed by atoms with Crippen molar-refractivity contribution in [3.63, 3.8) is 0 Å². The molecule has 0 bridgehead atoms. The fraction of sp³-hybridized carbons (Fsp3) is 0.350. The minimum absolute atomic E-state index is 0.220. The summed E-state index contributed by atoms with van der Waals surface area (Å²) in [6, 6.07) is 13.9. The van der Waals surface area contributed by atoms with Gasteiger partial charge >= 0.3 is 0 Å². The Labute approximate surface area is 158 Å². The molecule has 0 spiro atoms. The SMILES string of the molecule is CN1CCC(n2nccc2NC(=O)c2cc(-c3ccccc3)n(C)n2)CC1. The van der Waals surface area contributed by atoms with E-state index in [0.29, 0.717) is 11.7 Å². The summed E-state index contributed by atoms with van der Waals surface area (Å²) in [5, 5.41) is 11.8. The molecule has 1 aromatic carbocycles. The number of piperidine rings is 1. The highest BCUT2D eigenvalue weighted by molar-refractivity contribution is 6.03. The Morgan fingerprint density at radius 3 is 2.59 bits per heavy atom. The zero-order chi connectivity index (χ0) is 18.8. The molecular weight excluding hydrogens is 340 g/mol. The van der Waals surface area contributed by atoms with Crippen molar-refractivity contribution < 1.29 is 4.79 Å². The van der Waals surface area contributed by atoms with Gasteiger partial charge < -0.3 is 10.2 Å². The molecule has 1 amide bonds. The molecule has 0 atom stereocenters. The first kappa shape index (κ1) is 17.5. The topological polar surface area (TPSA) is 68.0 Å². The summed E-state index contributed by atoms with van der Waals surface area (Å²) in [5.41, 5.74) is 2.33. The molecule has 0 radical (unpaired) electrons. The average Bonchev–Trinajstić information content (AvgIpc) is 3.30. The largest absolute Gasteiger partial charge is 0.306 e. The molecule has 3 aromatic rings. The van der Waals surface area contributed by atoms with Crippen LogP contribution in [0.25, 0.3) is 11.3 Å². The lowest BCUT2D eigenvalue weighted by Gasteiger charge is -2.29. The number of nitrogens with one attached hydrogen (secondary N) is 1. The predicted molar refractivity (Wildman–Crippen MR) is 105 cm³/mol. The molecular formula is C20H24N6O. The number of benzene rings is 1. The molecule has 1 aliphatic rings. The van der Waals surface area contributed by atoms with Crippen LogP contribution in [-0.4, -0.2) is 50.5 Å². The maximum absolute atomic E-state index is 12.8. The van der Waals surface area contributed by atoms with Crippen LogP contribution >= 0.6 is 0 Å². The van der Waals surface area contributed by atoms with Gasteiger partial charge in [0.05, 0.1) is 17.9 Å². The van der Waals surface area contributed by atoms with Crippen molar-refractivity contribution in [2.24, 2.45) is 7.05 Å². The Kier molecular flexibility index (Phi) is 4.77. The number of likely N-dealkylation sites (tertiary alicyclic amines) is 1. The second-order valence-corrected chi connectivity index (χ2v) is 7.05. The number of nitrogens with zero attached hydrogens (tertiary/aromatic N) is 5. The van der Waals surface area contributed by atoms with Crippen molar-refractivity contribution in [1.29, 1.82) is 0 Å². The molecule has 1 fully saturated rings. The van der Waals surface area contributed by atoms with Gasteiger partial charge in [0.25, 0.3) is 5.91 Å². The smallest absolute Gasteiger partial charge is 0.277 e. The van der Waals surface area contributed by atoms with Gasteiger partial charge in [0.2, 0.25) is 0 Å². The van der Waals surface area contributed by atoms with Crippen LogP contribution in [0.4, 0.5) is 5.82 Å². The quantitative estimate of drug-likeness (QED) is 0.773. The Bertz CT molecular complexity index is 921. The average molecular weight is 364 g/mol. The van der Waals surface area contributed by atoms with Crippen molar-refractivity contribution in [3.05, 3.63) is 54.4 Å². The number of aromatic nitrogens is 4. The molecule has 27 heavy (non-hydrogen) atoms. The summed E-state index contributed by atoms with van der Waals surface area (Å²) >= 11 is 0. The van der Waals surface area contributed by atoms with Crippen LogP contribution in [-0.2, 0) is 7.05 Å². The minimum atomic E-state index is -0.220. The summed E-state index contributed by atoms with van der Waals surface area (Å²) in [5.74, 6) is 0.504. The molecule has 3 heterocycles. The van der Waals surface area contributed by atoms with E-state index < -0.39 is 0 Å². The van der Waals surface area contributed by atoms with Crippen LogP contribution in [0.3, 0.4) is 0 Å². The molecule has 0 aliphatic carbocycles. The molecule has 4 rings (SSSR count). The van der Waals surface area contributed by atoms with Gasteiger partial charge in [-0.1, -0.05) is 30.3 Å². The fourth-order valence-corrected chi connectivity index (χ4v) is 3.58. The summed E-state index contributed by atoms with van der Waals surface area (Å²) < 4.78 is 3.67. The Morgan fingerprint density at radius 2 is 1.85 bits per heavy atom. The monoisotopic (exact) mass is 364 g/mol. The van der Waals surface area contributed by atoms with Crippen LogP contribution in [0, 0.1) is 0 Å². The van der Waals surface area contributed by atoms with Crippen molar-refractivity contribution in [1.82, 2.24) is 24.5 Å². The van der Waals surface area contributed by atoms with E-state index in [1.165, 1.54) is 0 Å². The molecule has 1 aliphatic heterocycles. The van der Waals surface area contributed by atoms with Crippen LogP contribution < -0.4 is 5.32 Å². The van der Waals surface area contributed by atoms with Crippen LogP contribution in [0.5, 0.6) is 0 Å². The maximum atomic E-state index is 12.8. The van der Waals surface area contributed by atoms with E-state index in [0.717, 1.165) is 43.0 Å². The zero-order valence-electron chi connectivity index (χ0n) is 15.7. The third kappa shape index (κ3) is 3.64. The predicted octanol–water partition coefficient (Wildman–Crippen LogP) is 2.80. The highest BCUT2D eigenvalue weighted by Crippen LogP contribution is 2.25. The van der Waals surface area contributed by atoms with Crippen LogP contribution in [0.15, 0.2) is 48.7 Å². The zero-order valence-corrected chi connectivity index (χ0v) is 15.7. The first-order valence-corrected chi connectivity index (χ1v) is 9.24. The Morgan fingerprint density at radius 1 is 1.11 bits per heavy atom. The minimum Gasteiger partial charge on any atom is -0.306 e. The number of carbonyl (C=O) groups is 1. The summed E-state index contributed by atoms with van der Waals surface area (Å²) in [6.07, 6.45) is 3.80. The second kappa shape index (κ2) is 7.36. The number of amides is 1. The lowest BCUT2D eigenvalue weighted by Crippen LogP contribution is -2.32. The third-order valence-electron chi connectivity index (χ3n) is 5.13. The molecule has 7 heteroatoms. The number of anilines is 1. The molecule has 140 valence electrons. The van der Waals surface area contributed by atoms with Gasteiger partial charge in [-0.2, -0.15) is 10.2 Å². The van der Waals surface area contributed by atoms with E-state index >= 15 is 0 Å². The molecule has 1 saturated heterocycles. The summed E-state index contributed by atoms with van der Waals surface area (Å²) in [7, 11) is 3.98. The van der Waals surface area contributed by atoms with E-state index in [9.17, 15) is 4.79 Å². The Balaban J connectivity index is 1.52. The van der Waals surface area contributed by atoms with Gasteiger partial charge in [-0.25, -0.2) is 4.68 Å². The van der Waals surface area contributed by atoms with Gasteiger partial charge in [-0.3, -0.25) is 9.48 Å². The van der Waals surface area contributed by atoms with E-state index in [1.807, 2.05) is 54.2 Å². The Hall–Kier alpha value is -2.93. The molecule has 1 N–H and O–H groups in total. The van der Waals surface area contributed by atoms with Crippen molar-refractivity contribution in [3.8, 4) is 11.3 Å². The molecule has 0 unspecified atom stereocenters.